The van der Waals surface area contributed by atoms with E-state index in [1.807, 2.05) is 7.05 Å². The van der Waals surface area contributed by atoms with E-state index in [1.54, 1.807) is 11.8 Å². The molecule has 0 aliphatic rings. The molecule has 0 saturated heterocycles. The molecule has 0 radical (unpaired) electrons. The summed E-state index contributed by atoms with van der Waals surface area (Å²) in [5, 5.41) is 9.03. The fourth-order valence-electron chi connectivity index (χ4n) is 1.25. The van der Waals surface area contributed by atoms with Gasteiger partial charge in [-0.15, -0.1) is 0 Å². The fourth-order valence-corrected chi connectivity index (χ4v) is 1.25. The molecule has 0 aromatic carbocycles. The summed E-state index contributed by atoms with van der Waals surface area (Å²) in [5.41, 5.74) is 0. The first-order chi connectivity index (χ1) is 6.57. The van der Waals surface area contributed by atoms with Crippen molar-refractivity contribution in [3.05, 3.63) is 0 Å². The summed E-state index contributed by atoms with van der Waals surface area (Å²) in [5.74, 6) is 0.141. The molecule has 0 fully saturated rings. The van der Waals surface area contributed by atoms with Gasteiger partial charge >= 0.3 is 0 Å². The zero-order valence-corrected chi connectivity index (χ0v) is 9.62. The van der Waals surface area contributed by atoms with E-state index < -0.39 is 0 Å². The van der Waals surface area contributed by atoms with Crippen molar-refractivity contribution in [2.75, 3.05) is 13.6 Å². The predicted molar refractivity (Wildman–Crippen MR) is 58.1 cm³/mol. The Morgan fingerprint density at radius 2 is 2.07 bits per heavy atom. The fraction of sp³-hybridized carbons (Fsp3) is 0.909. The average Bonchev–Trinajstić information content (AvgIpc) is 2.14. The highest BCUT2D eigenvalue weighted by Crippen LogP contribution is 2.02. The number of unbranched alkanes of at least 4 members (excludes halogenated alkanes) is 2. The molecule has 0 saturated carbocycles. The van der Waals surface area contributed by atoms with E-state index in [2.05, 4.69) is 6.92 Å². The van der Waals surface area contributed by atoms with Crippen LogP contribution in [-0.4, -0.2) is 35.6 Å². The maximum Gasteiger partial charge on any atom is 0.222 e. The van der Waals surface area contributed by atoms with Crippen molar-refractivity contribution >= 4 is 5.91 Å². The van der Waals surface area contributed by atoms with Crippen molar-refractivity contribution in [2.45, 2.75) is 52.1 Å². The van der Waals surface area contributed by atoms with Crippen molar-refractivity contribution in [1.82, 2.24) is 4.90 Å². The summed E-state index contributed by atoms with van der Waals surface area (Å²) < 4.78 is 0. The quantitative estimate of drug-likeness (QED) is 0.638. The number of aliphatic hydroxyl groups excluding tert-OH is 1. The van der Waals surface area contributed by atoms with Crippen LogP contribution in [0.1, 0.15) is 46.0 Å². The molecule has 1 atom stereocenters. The molecule has 1 amide bonds. The van der Waals surface area contributed by atoms with Crippen LogP contribution in [0.2, 0.25) is 0 Å². The first kappa shape index (κ1) is 13.4. The Morgan fingerprint density at radius 1 is 1.43 bits per heavy atom. The van der Waals surface area contributed by atoms with E-state index in [9.17, 15) is 4.79 Å². The lowest BCUT2D eigenvalue weighted by atomic mass is 10.2. The number of aliphatic hydroxyl groups is 1. The average molecular weight is 201 g/mol. The van der Waals surface area contributed by atoms with Crippen molar-refractivity contribution < 1.29 is 9.90 Å². The van der Waals surface area contributed by atoms with Gasteiger partial charge < -0.3 is 10.0 Å². The second-order valence-electron chi connectivity index (χ2n) is 3.91. The molecule has 3 heteroatoms. The Labute approximate surface area is 87.1 Å². The lowest BCUT2D eigenvalue weighted by Crippen LogP contribution is -2.28. The normalized spacial score (nSPS) is 12.6. The largest absolute Gasteiger partial charge is 0.393 e. The molecule has 0 aliphatic heterocycles. The summed E-state index contributed by atoms with van der Waals surface area (Å²) in [4.78, 5) is 13.2. The second-order valence-corrected chi connectivity index (χ2v) is 3.91. The molecule has 0 heterocycles. The van der Waals surface area contributed by atoms with E-state index in [1.165, 1.54) is 12.8 Å². The number of hydrogen-bond acceptors (Lipinski definition) is 2. The minimum Gasteiger partial charge on any atom is -0.393 e. The number of nitrogens with zero attached hydrogens (tertiary/aromatic N) is 1. The van der Waals surface area contributed by atoms with Crippen LogP contribution in [0.4, 0.5) is 0 Å². The molecule has 0 aromatic rings. The van der Waals surface area contributed by atoms with Gasteiger partial charge in [0, 0.05) is 20.0 Å². The second kappa shape index (κ2) is 7.80. The number of hydrogen-bond donors (Lipinski definition) is 1. The highest BCUT2D eigenvalue weighted by Gasteiger charge is 2.08. The van der Waals surface area contributed by atoms with Crippen LogP contribution < -0.4 is 0 Å². The Bertz CT molecular complexity index is 157. The SMILES string of the molecule is CCCCCN(C)C(=O)CCC(C)O. The molecular weight excluding hydrogens is 178 g/mol. The molecule has 0 rings (SSSR count). The van der Waals surface area contributed by atoms with Gasteiger partial charge in [-0.3, -0.25) is 4.79 Å². The van der Waals surface area contributed by atoms with Gasteiger partial charge in [0.2, 0.25) is 5.91 Å². The Kier molecular flexibility index (Phi) is 7.48. The van der Waals surface area contributed by atoms with Gasteiger partial charge in [0.1, 0.15) is 0 Å². The Hall–Kier alpha value is -0.570. The molecule has 0 bridgehead atoms. The first-order valence-electron chi connectivity index (χ1n) is 5.50. The highest BCUT2D eigenvalue weighted by atomic mass is 16.3. The number of amides is 1. The summed E-state index contributed by atoms with van der Waals surface area (Å²) in [7, 11) is 1.83. The molecular formula is C11H23NO2. The van der Waals surface area contributed by atoms with Crippen molar-refractivity contribution in [3.63, 3.8) is 0 Å². The maximum absolute atomic E-state index is 11.5. The molecule has 0 aliphatic carbocycles. The van der Waals surface area contributed by atoms with E-state index >= 15 is 0 Å². The van der Waals surface area contributed by atoms with Gasteiger partial charge in [-0.25, -0.2) is 0 Å². The van der Waals surface area contributed by atoms with Crippen LogP contribution in [-0.2, 0) is 4.79 Å². The number of carbonyl (C=O) groups is 1. The minimum absolute atomic E-state index is 0.141. The van der Waals surface area contributed by atoms with Gasteiger partial charge in [-0.1, -0.05) is 19.8 Å². The molecule has 1 N–H and O–H groups in total. The van der Waals surface area contributed by atoms with Crippen LogP contribution in [0.3, 0.4) is 0 Å². The summed E-state index contributed by atoms with van der Waals surface area (Å²) in [6.45, 7) is 4.70. The summed E-state index contributed by atoms with van der Waals surface area (Å²) in [6, 6.07) is 0. The molecule has 84 valence electrons. The zero-order valence-electron chi connectivity index (χ0n) is 9.62. The Balaban J connectivity index is 3.54. The van der Waals surface area contributed by atoms with Crippen molar-refractivity contribution in [2.24, 2.45) is 0 Å². The number of carbonyl (C=O) groups excluding carboxylic acids is 1. The van der Waals surface area contributed by atoms with Crippen LogP contribution in [0, 0.1) is 0 Å². The van der Waals surface area contributed by atoms with Gasteiger partial charge in [-0.05, 0) is 19.8 Å². The van der Waals surface area contributed by atoms with Gasteiger partial charge in [0.05, 0.1) is 6.10 Å². The molecule has 14 heavy (non-hydrogen) atoms. The van der Waals surface area contributed by atoms with E-state index in [0.29, 0.717) is 12.8 Å². The maximum atomic E-state index is 11.5. The Morgan fingerprint density at radius 3 is 2.57 bits per heavy atom. The predicted octanol–water partition coefficient (Wildman–Crippen LogP) is 1.80. The standard InChI is InChI=1S/C11H23NO2/c1-4-5-6-9-12(3)11(14)8-7-10(2)13/h10,13H,4-9H2,1-3H3. The lowest BCUT2D eigenvalue weighted by molar-refractivity contribution is -0.130. The topological polar surface area (TPSA) is 40.5 Å². The molecule has 3 nitrogen and oxygen atoms in total. The number of rotatable bonds is 7. The van der Waals surface area contributed by atoms with Crippen molar-refractivity contribution in [3.8, 4) is 0 Å². The van der Waals surface area contributed by atoms with E-state index in [0.717, 1.165) is 13.0 Å². The molecule has 0 aromatic heterocycles. The summed E-state index contributed by atoms with van der Waals surface area (Å²) >= 11 is 0. The zero-order chi connectivity index (χ0) is 11.0. The van der Waals surface area contributed by atoms with Crippen LogP contribution in [0.15, 0.2) is 0 Å². The van der Waals surface area contributed by atoms with Gasteiger partial charge in [0.15, 0.2) is 0 Å². The monoisotopic (exact) mass is 201 g/mol. The third kappa shape index (κ3) is 6.89. The van der Waals surface area contributed by atoms with Crippen LogP contribution in [0.5, 0.6) is 0 Å². The molecule has 0 spiro atoms. The highest BCUT2D eigenvalue weighted by molar-refractivity contribution is 5.75. The molecule has 1 unspecified atom stereocenters. The van der Waals surface area contributed by atoms with Gasteiger partial charge in [0.25, 0.3) is 0 Å². The smallest absolute Gasteiger partial charge is 0.222 e. The van der Waals surface area contributed by atoms with Gasteiger partial charge in [-0.2, -0.15) is 0 Å². The van der Waals surface area contributed by atoms with E-state index in [-0.39, 0.29) is 12.0 Å². The lowest BCUT2D eigenvalue weighted by Gasteiger charge is -2.17. The minimum atomic E-state index is -0.372. The third-order valence-corrected chi connectivity index (χ3v) is 2.30. The van der Waals surface area contributed by atoms with E-state index in [4.69, 9.17) is 5.11 Å². The summed E-state index contributed by atoms with van der Waals surface area (Å²) in [6.07, 6.45) is 4.08. The van der Waals surface area contributed by atoms with Crippen LogP contribution >= 0.6 is 0 Å². The van der Waals surface area contributed by atoms with Crippen molar-refractivity contribution in [1.29, 1.82) is 0 Å². The third-order valence-electron chi connectivity index (χ3n) is 2.30. The van der Waals surface area contributed by atoms with Crippen LogP contribution in [0.25, 0.3) is 0 Å². The first-order valence-corrected chi connectivity index (χ1v) is 5.50.